The van der Waals surface area contributed by atoms with Crippen molar-refractivity contribution in [3.05, 3.63) is 81.9 Å². The van der Waals surface area contributed by atoms with E-state index < -0.39 is 194 Å². The molecule has 0 radical (unpaired) electrons. The topological polar surface area (TPSA) is 564 Å². The number of nitrogens with one attached hydrogen (secondary N) is 7. The first kappa shape index (κ1) is 95.9. The van der Waals surface area contributed by atoms with Crippen molar-refractivity contribution in [2.24, 2.45) is 0 Å². The van der Waals surface area contributed by atoms with Gasteiger partial charge in [-0.25, -0.2) is 13.6 Å². The molecule has 0 saturated carbocycles. The Kier molecular flexibility index (Phi) is 43.6. The monoisotopic (exact) mass is 1650 g/mol. The van der Waals surface area contributed by atoms with Crippen molar-refractivity contribution in [3.8, 4) is 23.0 Å². The second-order valence-electron chi connectivity index (χ2n) is 25.2. The number of halogens is 2. The number of phenols is 2. The molecule has 0 aromatic heterocycles. The van der Waals surface area contributed by atoms with Gasteiger partial charge in [0.1, 0.15) is 64.4 Å². The number of aliphatic hydroxyl groups excluding tert-OH is 4. The number of carbonyl (C=O) groups excluding carboxylic acids is 15. The molecule has 41 nitrogen and oxygen atoms in total. The Morgan fingerprint density at radius 3 is 1.09 bits per heavy atom. The highest BCUT2D eigenvalue weighted by molar-refractivity contribution is 6.03. The van der Waals surface area contributed by atoms with Crippen LogP contribution in [0.2, 0.25) is 0 Å². The highest BCUT2D eigenvalue weighted by Gasteiger charge is 2.56. The summed E-state index contributed by atoms with van der Waals surface area (Å²) in [4.78, 5) is 197. The minimum absolute atomic E-state index is 0.0162. The van der Waals surface area contributed by atoms with Crippen molar-refractivity contribution in [1.29, 1.82) is 0 Å². The van der Waals surface area contributed by atoms with Crippen molar-refractivity contribution < 1.29 is 159 Å². The number of ketones is 4. The molecule has 1 unspecified atom stereocenters. The van der Waals surface area contributed by atoms with Gasteiger partial charge in [-0.3, -0.25) is 67.1 Å². The van der Waals surface area contributed by atoms with Crippen LogP contribution in [0.25, 0.3) is 0 Å². The number of ether oxygens (including phenoxy) is 10. The highest BCUT2D eigenvalue weighted by Crippen LogP contribution is 2.58. The molecule has 640 valence electrons. The lowest BCUT2D eigenvalue weighted by atomic mass is 9.77. The molecule has 0 aliphatic carbocycles. The van der Waals surface area contributed by atoms with Gasteiger partial charge in [0, 0.05) is 121 Å². The lowest BCUT2D eigenvalue weighted by molar-refractivity contribution is -0.136. The standard InChI is InChI=1S/C73H98F2N10O31/c74-55-34-54-59(35-57(55)95)115-58-4-3-56(94)70(75)69(58)73(54)53-2-1-47(33-52(53)72(106)116-73)71(105)82-38-68(104)85(19-9-64(100)80-36-66(102)83(15-5-60(96)76-11-21-107-25-29-111-43-48(90)39-86)16-6-61(97)77-12-22-108-26-30-112-44-49(91)40-87)20-10-65(101)81-37-67(103)84(17-7-62(98)78-13-23-109-27-31-113-45-50(92)41-88)18-8-63(99)79-14-24-110-28-32-114-46-51(93)42-89/h1-4,33-35,86-89,94-95H,5-32,36-46H2,(H,76,96)(H,77,97)(H,78,98)(H,79,99)(H,80,100)(H,81,101)(H,82,105). The predicted octanol–water partition coefficient (Wildman–Crippen LogP) is -5.42. The summed E-state index contributed by atoms with van der Waals surface area (Å²) in [5.41, 5.74) is -4.05. The van der Waals surface area contributed by atoms with E-state index in [0.717, 1.165) is 51.1 Å². The molecule has 0 bridgehead atoms. The number of carbonyl (C=O) groups is 15. The third kappa shape index (κ3) is 33.6. The zero-order chi connectivity index (χ0) is 84.8. The molecule has 0 saturated heterocycles. The summed E-state index contributed by atoms with van der Waals surface area (Å²) in [6.45, 7) is -7.98. The van der Waals surface area contributed by atoms with Gasteiger partial charge in [0.15, 0.2) is 51.9 Å². The van der Waals surface area contributed by atoms with E-state index in [1.807, 2.05) is 0 Å². The van der Waals surface area contributed by atoms with Gasteiger partial charge in [-0.2, -0.15) is 0 Å². The van der Waals surface area contributed by atoms with Crippen LogP contribution < -0.4 is 42.0 Å². The van der Waals surface area contributed by atoms with E-state index in [0.29, 0.717) is 0 Å². The van der Waals surface area contributed by atoms with Crippen LogP contribution in [0.4, 0.5) is 8.78 Å². The average Bonchev–Trinajstić information content (AvgIpc) is 1.48. The molecule has 2 aliphatic rings. The number of esters is 1. The van der Waals surface area contributed by atoms with Gasteiger partial charge >= 0.3 is 5.97 Å². The van der Waals surface area contributed by atoms with E-state index in [1.165, 1.54) is 6.07 Å². The summed E-state index contributed by atoms with van der Waals surface area (Å²) in [6.07, 6.45) is -2.36. The second-order valence-corrected chi connectivity index (χ2v) is 25.2. The fourth-order valence-electron chi connectivity index (χ4n) is 10.7. The van der Waals surface area contributed by atoms with E-state index in [9.17, 15) is 82.1 Å². The Hall–Kier alpha value is -10.7. The molecule has 5 rings (SSSR count). The van der Waals surface area contributed by atoms with Gasteiger partial charge in [0.25, 0.3) is 5.91 Å². The van der Waals surface area contributed by atoms with Gasteiger partial charge in [-0.1, -0.05) is 6.07 Å². The first-order chi connectivity index (χ1) is 55.7. The van der Waals surface area contributed by atoms with Crippen molar-refractivity contribution in [2.75, 3.05) is 217 Å². The Labute approximate surface area is 662 Å². The van der Waals surface area contributed by atoms with E-state index in [1.54, 1.807) is 0 Å². The number of hydrogen-bond donors (Lipinski definition) is 13. The zero-order valence-electron chi connectivity index (χ0n) is 63.6. The Bertz CT molecular complexity index is 3630. The number of benzene rings is 3. The molecular formula is C73H98F2N10O31. The van der Waals surface area contributed by atoms with Crippen LogP contribution in [-0.4, -0.2) is 351 Å². The van der Waals surface area contributed by atoms with E-state index in [-0.39, 0.29) is 218 Å². The molecule has 3 aromatic carbocycles. The average molecular weight is 1650 g/mol. The number of aromatic hydroxyl groups is 2. The van der Waals surface area contributed by atoms with Gasteiger partial charge < -0.3 is 130 Å². The molecule has 1 spiro atoms. The summed E-state index contributed by atoms with van der Waals surface area (Å²) in [5, 5.41) is 73.8. The van der Waals surface area contributed by atoms with E-state index in [2.05, 4.69) is 37.2 Å². The molecule has 43 heteroatoms. The van der Waals surface area contributed by atoms with E-state index >= 15 is 8.78 Å². The minimum Gasteiger partial charge on any atom is -0.505 e. The Morgan fingerprint density at radius 1 is 0.388 bits per heavy atom. The molecule has 0 fully saturated rings. The summed E-state index contributed by atoms with van der Waals surface area (Å²) >= 11 is 0. The summed E-state index contributed by atoms with van der Waals surface area (Å²) in [5.74, 6) is -15.6. The first-order valence-corrected chi connectivity index (χ1v) is 36.7. The van der Waals surface area contributed by atoms with Crippen LogP contribution in [0.1, 0.15) is 75.9 Å². The number of rotatable bonds is 61. The number of hydrogen-bond acceptors (Lipinski definition) is 31. The smallest absolute Gasteiger partial charge is 0.340 e. The maximum absolute atomic E-state index is 16.1. The van der Waals surface area contributed by atoms with Crippen molar-refractivity contribution in [1.82, 2.24) is 51.9 Å². The van der Waals surface area contributed by atoms with Crippen LogP contribution >= 0.6 is 0 Å². The molecule has 10 amide bonds. The van der Waals surface area contributed by atoms with Gasteiger partial charge in [0.2, 0.25) is 53.2 Å². The predicted molar refractivity (Wildman–Crippen MR) is 391 cm³/mol. The molecule has 2 aliphatic heterocycles. The van der Waals surface area contributed by atoms with E-state index in [4.69, 9.17) is 67.8 Å². The zero-order valence-corrected chi connectivity index (χ0v) is 63.6. The number of Topliss-reactive ketones (excluding diaryl/α,β-unsaturated/α-hetero) is 4. The van der Waals surface area contributed by atoms with Crippen LogP contribution in [0, 0.1) is 11.6 Å². The van der Waals surface area contributed by atoms with Crippen molar-refractivity contribution in [3.63, 3.8) is 0 Å². The first-order valence-electron chi connectivity index (χ1n) is 36.7. The molecule has 3 aromatic rings. The quantitative estimate of drug-likeness (QED) is 0.0185. The molecule has 13 N–H and O–H groups in total. The summed E-state index contributed by atoms with van der Waals surface area (Å²) in [7, 11) is 0. The fourth-order valence-corrected chi connectivity index (χ4v) is 10.7. The van der Waals surface area contributed by atoms with Crippen molar-refractivity contribution >= 4 is 88.2 Å². The summed E-state index contributed by atoms with van der Waals surface area (Å²) in [6, 6.07) is 7.04. The SMILES string of the molecule is O=C(CO)COCCOCCNC(=O)CCN(CCC(=O)NCCOCCOCC(=O)CO)C(=O)CNC(=O)CCN(CCC(=O)NCC(=O)N(CCC(=O)NCCOCCOCC(=O)CO)CCC(=O)NCCOCCOCC(=O)CO)C(=O)CNC(=O)c1ccc2c(c1)C(=O)OC21c2cc(F)c(O)cc2Oc2ccc(O)c(F)c21. The second kappa shape index (κ2) is 52.7. The molecule has 1 atom stereocenters. The molecule has 116 heavy (non-hydrogen) atoms. The van der Waals surface area contributed by atoms with Crippen LogP contribution in [0.5, 0.6) is 23.0 Å². The third-order valence-electron chi connectivity index (χ3n) is 16.7. The lowest BCUT2D eigenvalue weighted by Crippen LogP contribution is -2.46. The van der Waals surface area contributed by atoms with Gasteiger partial charge in [-0.05, 0) is 30.3 Å². The number of aliphatic hydroxyl groups is 4. The normalized spacial score (nSPS) is 12.9. The third-order valence-corrected chi connectivity index (χ3v) is 16.7. The molecule has 2 heterocycles. The van der Waals surface area contributed by atoms with Gasteiger partial charge in [0.05, 0.1) is 116 Å². The Balaban J connectivity index is 1.29. The van der Waals surface area contributed by atoms with Crippen LogP contribution in [0.3, 0.4) is 0 Å². The number of nitrogens with zero attached hydrogens (tertiary/aromatic N) is 3. The number of amides is 10. The van der Waals surface area contributed by atoms with Crippen LogP contribution in [0.15, 0.2) is 42.5 Å². The fraction of sp³-hybridized carbons (Fsp3) is 0.548. The van der Waals surface area contributed by atoms with Crippen molar-refractivity contribution in [2.45, 2.75) is 44.1 Å². The Morgan fingerprint density at radius 2 is 0.733 bits per heavy atom. The van der Waals surface area contributed by atoms with Crippen LogP contribution in [-0.2, 0) is 111 Å². The highest BCUT2D eigenvalue weighted by atomic mass is 19.1. The maximum Gasteiger partial charge on any atom is 0.340 e. The number of fused-ring (bicyclic) bond motifs is 6. The minimum atomic E-state index is -2.36. The summed E-state index contributed by atoms with van der Waals surface area (Å²) < 4.78 is 84.6. The number of phenolic OH excluding ortho intramolecular Hbond substituents is 2. The largest absolute Gasteiger partial charge is 0.505 e. The maximum atomic E-state index is 16.1. The molecular weight excluding hydrogens is 1550 g/mol. The van der Waals surface area contributed by atoms with Gasteiger partial charge in [-0.15, -0.1) is 0 Å². The lowest BCUT2D eigenvalue weighted by Gasteiger charge is -2.36.